The predicted molar refractivity (Wildman–Crippen MR) is 134 cm³/mol. The van der Waals surface area contributed by atoms with Crippen LogP contribution in [0.3, 0.4) is 0 Å². The van der Waals surface area contributed by atoms with E-state index in [1.807, 2.05) is 0 Å². The van der Waals surface area contributed by atoms with Gasteiger partial charge in [-0.3, -0.25) is 4.90 Å². The molecule has 3 aliphatic rings. The van der Waals surface area contributed by atoms with Crippen LogP contribution in [0.2, 0.25) is 0 Å². The Kier molecular flexibility index (Phi) is 7.13. The first-order valence-electron chi connectivity index (χ1n) is 11.4. The number of thiocarbonyl (C=S) groups is 1. The molecule has 1 aliphatic carbocycles. The monoisotopic (exact) mass is 473 g/mol. The molecule has 0 aromatic heterocycles. The number of hydrogen-bond donors (Lipinski definition) is 2. The molecule has 0 bridgehead atoms. The number of likely N-dealkylation sites (tertiary alicyclic amines) is 1. The van der Waals surface area contributed by atoms with Gasteiger partial charge in [-0.25, -0.2) is 0 Å². The molecule has 3 unspecified atom stereocenters. The van der Waals surface area contributed by atoms with E-state index in [0.717, 1.165) is 55.5 Å². The van der Waals surface area contributed by atoms with Crippen LogP contribution in [0.25, 0.3) is 0 Å². The Hall–Kier alpha value is -2.02. The molecule has 2 aliphatic heterocycles. The summed E-state index contributed by atoms with van der Waals surface area (Å²) in [6.07, 6.45) is 4.53. The average molecular weight is 474 g/mol. The highest BCUT2D eigenvalue weighted by atomic mass is 35.5. The van der Waals surface area contributed by atoms with Crippen LogP contribution >= 0.6 is 24.6 Å². The fraction of sp³-hybridized carbons (Fsp3) is 0.480. The third-order valence-electron chi connectivity index (χ3n) is 7.22. The predicted octanol–water partition coefficient (Wildman–Crippen LogP) is 4.39. The van der Waals surface area contributed by atoms with Gasteiger partial charge in [0, 0.05) is 30.6 Å². The van der Waals surface area contributed by atoms with Gasteiger partial charge < -0.3 is 20.1 Å². The molecule has 0 spiro atoms. The number of fused-ring (bicyclic) bond motifs is 2. The van der Waals surface area contributed by atoms with E-state index in [0.29, 0.717) is 18.9 Å². The SMILES string of the molecule is CCNC(=S)NC1CCC2(c3ccc4c(c3)OCO4)CCN(Cc3ccccc3)C2C1.Cl. The van der Waals surface area contributed by atoms with Crippen molar-refractivity contribution in [2.24, 2.45) is 0 Å². The highest BCUT2D eigenvalue weighted by Gasteiger charge is 2.51. The first-order chi connectivity index (χ1) is 15.2. The van der Waals surface area contributed by atoms with Gasteiger partial charge in [-0.2, -0.15) is 0 Å². The summed E-state index contributed by atoms with van der Waals surface area (Å²) in [6, 6.07) is 18.3. The maximum absolute atomic E-state index is 5.72. The van der Waals surface area contributed by atoms with Crippen molar-refractivity contribution >= 4 is 29.7 Å². The van der Waals surface area contributed by atoms with E-state index in [1.54, 1.807) is 0 Å². The summed E-state index contributed by atoms with van der Waals surface area (Å²) >= 11 is 5.50. The third-order valence-corrected chi connectivity index (χ3v) is 7.48. The summed E-state index contributed by atoms with van der Waals surface area (Å²) in [5, 5.41) is 7.60. The summed E-state index contributed by atoms with van der Waals surface area (Å²) in [7, 11) is 0. The minimum atomic E-state index is 0. The van der Waals surface area contributed by atoms with Crippen LogP contribution < -0.4 is 20.1 Å². The molecule has 3 atom stereocenters. The third kappa shape index (κ3) is 4.41. The number of benzene rings is 2. The second-order valence-corrected chi connectivity index (χ2v) is 9.33. The largest absolute Gasteiger partial charge is 0.454 e. The van der Waals surface area contributed by atoms with Crippen molar-refractivity contribution in [3.8, 4) is 11.5 Å². The summed E-state index contributed by atoms with van der Waals surface area (Å²) in [4.78, 5) is 2.68. The lowest BCUT2D eigenvalue weighted by molar-refractivity contribution is 0.134. The Labute approximate surface area is 202 Å². The van der Waals surface area contributed by atoms with Crippen molar-refractivity contribution in [1.29, 1.82) is 0 Å². The van der Waals surface area contributed by atoms with Crippen LogP contribution in [-0.2, 0) is 12.0 Å². The van der Waals surface area contributed by atoms with Crippen LogP contribution in [0.15, 0.2) is 48.5 Å². The second kappa shape index (κ2) is 9.86. The maximum Gasteiger partial charge on any atom is 0.231 e. The van der Waals surface area contributed by atoms with E-state index < -0.39 is 0 Å². The standard InChI is InChI=1S/C25H31N3O2S.ClH/c1-2-26-24(31)27-20-10-11-25(19-8-9-21-22(14-19)30-17-29-21)12-13-28(23(25)15-20)16-18-6-4-3-5-7-18;/h3-9,14,20,23H,2,10-13,15-17H2,1H3,(H2,26,27,31);1H. The van der Waals surface area contributed by atoms with Gasteiger partial charge in [0.2, 0.25) is 6.79 Å². The molecule has 1 saturated heterocycles. The van der Waals surface area contributed by atoms with E-state index in [-0.39, 0.29) is 17.8 Å². The van der Waals surface area contributed by atoms with Crippen LogP contribution in [0.5, 0.6) is 11.5 Å². The smallest absolute Gasteiger partial charge is 0.231 e. The van der Waals surface area contributed by atoms with E-state index in [2.05, 4.69) is 71.0 Å². The van der Waals surface area contributed by atoms with Crippen LogP contribution in [0.1, 0.15) is 43.7 Å². The Balaban J connectivity index is 0.00000245. The zero-order chi connectivity index (χ0) is 21.3. The highest BCUT2D eigenvalue weighted by molar-refractivity contribution is 7.80. The molecule has 2 heterocycles. The molecule has 5 nitrogen and oxygen atoms in total. The second-order valence-electron chi connectivity index (χ2n) is 8.92. The molecule has 32 heavy (non-hydrogen) atoms. The Morgan fingerprint density at radius 1 is 1.12 bits per heavy atom. The number of nitrogens with one attached hydrogen (secondary N) is 2. The molecule has 7 heteroatoms. The topological polar surface area (TPSA) is 45.8 Å². The zero-order valence-electron chi connectivity index (χ0n) is 18.5. The number of nitrogens with zero attached hydrogens (tertiary/aromatic N) is 1. The molecule has 2 aromatic carbocycles. The Bertz CT molecular complexity index is 944. The molecule has 0 amide bonds. The Morgan fingerprint density at radius 2 is 1.94 bits per heavy atom. The van der Waals surface area contributed by atoms with Crippen LogP contribution in [0.4, 0.5) is 0 Å². The van der Waals surface area contributed by atoms with Gasteiger partial charge in [-0.05, 0) is 74.6 Å². The first kappa shape index (κ1) is 23.1. The minimum absolute atomic E-state index is 0. The van der Waals surface area contributed by atoms with E-state index >= 15 is 0 Å². The number of hydrogen-bond acceptors (Lipinski definition) is 4. The molecule has 172 valence electrons. The Morgan fingerprint density at radius 3 is 2.75 bits per heavy atom. The van der Waals surface area contributed by atoms with Gasteiger partial charge in [0.1, 0.15) is 0 Å². The molecule has 5 rings (SSSR count). The van der Waals surface area contributed by atoms with E-state index in [9.17, 15) is 0 Å². The van der Waals surface area contributed by atoms with E-state index in [4.69, 9.17) is 21.7 Å². The molecular formula is C25H32ClN3O2S. The lowest BCUT2D eigenvalue weighted by Crippen LogP contribution is -2.53. The number of rotatable bonds is 5. The molecule has 1 saturated carbocycles. The molecule has 2 N–H and O–H groups in total. The van der Waals surface area contributed by atoms with Crippen molar-refractivity contribution in [3.05, 3.63) is 59.7 Å². The minimum Gasteiger partial charge on any atom is -0.454 e. The quantitative estimate of drug-likeness (QED) is 0.628. The lowest BCUT2D eigenvalue weighted by atomic mass is 9.65. The van der Waals surface area contributed by atoms with Gasteiger partial charge in [0.15, 0.2) is 16.6 Å². The molecule has 0 radical (unpaired) electrons. The lowest BCUT2D eigenvalue weighted by Gasteiger charge is -2.45. The van der Waals surface area contributed by atoms with Crippen molar-refractivity contribution in [1.82, 2.24) is 15.5 Å². The maximum atomic E-state index is 5.72. The molecule has 2 aromatic rings. The number of ether oxygens (including phenoxy) is 2. The van der Waals surface area contributed by atoms with Crippen molar-refractivity contribution in [2.45, 2.75) is 56.7 Å². The zero-order valence-corrected chi connectivity index (χ0v) is 20.1. The van der Waals surface area contributed by atoms with Crippen LogP contribution in [0, 0.1) is 0 Å². The summed E-state index contributed by atoms with van der Waals surface area (Å²) in [5.74, 6) is 1.75. The van der Waals surface area contributed by atoms with Gasteiger partial charge in [-0.15, -0.1) is 12.4 Å². The molecule has 2 fully saturated rings. The average Bonchev–Trinajstić information content (AvgIpc) is 3.40. The van der Waals surface area contributed by atoms with Gasteiger partial charge in [-0.1, -0.05) is 36.4 Å². The van der Waals surface area contributed by atoms with Gasteiger partial charge in [0.05, 0.1) is 0 Å². The van der Waals surface area contributed by atoms with Gasteiger partial charge >= 0.3 is 0 Å². The van der Waals surface area contributed by atoms with E-state index in [1.165, 1.54) is 17.5 Å². The summed E-state index contributed by atoms with van der Waals surface area (Å²) in [5.41, 5.74) is 2.92. The summed E-state index contributed by atoms with van der Waals surface area (Å²) < 4.78 is 11.3. The van der Waals surface area contributed by atoms with Crippen molar-refractivity contribution in [2.75, 3.05) is 19.9 Å². The fourth-order valence-corrected chi connectivity index (χ4v) is 6.03. The highest BCUT2D eigenvalue weighted by Crippen LogP contribution is 2.51. The van der Waals surface area contributed by atoms with Crippen molar-refractivity contribution in [3.63, 3.8) is 0 Å². The normalized spacial score (nSPS) is 26.2. The summed E-state index contributed by atoms with van der Waals surface area (Å²) in [6.45, 7) is 5.35. The fourth-order valence-electron chi connectivity index (χ4n) is 5.72. The van der Waals surface area contributed by atoms with Crippen LogP contribution in [-0.4, -0.2) is 42.0 Å². The number of halogens is 1. The molecular weight excluding hydrogens is 442 g/mol. The van der Waals surface area contributed by atoms with Crippen molar-refractivity contribution < 1.29 is 9.47 Å². The first-order valence-corrected chi connectivity index (χ1v) is 11.8. The van der Waals surface area contributed by atoms with Gasteiger partial charge in [0.25, 0.3) is 0 Å².